The number of ether oxygens (including phenoxy) is 2. The molecule has 0 atom stereocenters. The maximum atomic E-state index is 5.34. The molecule has 6 heteroatoms. The quantitative estimate of drug-likeness (QED) is 0.883. The predicted octanol–water partition coefficient (Wildman–Crippen LogP) is 3.23. The molecule has 0 unspecified atom stereocenters. The van der Waals surface area contributed by atoms with Crippen LogP contribution in [0.3, 0.4) is 0 Å². The standard InChI is InChI=1S/C15H18N2O2.2ClH/c1-18-14-8-9-17-13(15(14)19-2)11-16-10-12-6-4-3-5-7-12;;/h3-9,16H,10-11H2,1-2H3;2*1H. The summed E-state index contributed by atoms with van der Waals surface area (Å²) in [6.45, 7) is 1.43. The Labute approximate surface area is 137 Å². The molecule has 0 saturated carbocycles. The van der Waals surface area contributed by atoms with E-state index in [-0.39, 0.29) is 24.8 Å². The third kappa shape index (κ3) is 5.42. The molecule has 1 heterocycles. The Morgan fingerprint density at radius 2 is 1.67 bits per heavy atom. The van der Waals surface area contributed by atoms with Crippen LogP contribution in [0.5, 0.6) is 11.5 Å². The fourth-order valence-electron chi connectivity index (χ4n) is 1.90. The van der Waals surface area contributed by atoms with E-state index in [0.717, 1.165) is 12.2 Å². The Balaban J connectivity index is 0.00000200. The zero-order valence-electron chi connectivity index (χ0n) is 12.0. The van der Waals surface area contributed by atoms with Crippen LogP contribution in [0.1, 0.15) is 11.3 Å². The highest BCUT2D eigenvalue weighted by molar-refractivity contribution is 5.85. The number of rotatable bonds is 6. The summed E-state index contributed by atoms with van der Waals surface area (Å²) in [5.74, 6) is 1.39. The van der Waals surface area contributed by atoms with E-state index in [1.807, 2.05) is 18.2 Å². The summed E-state index contributed by atoms with van der Waals surface area (Å²) in [5, 5.41) is 3.35. The minimum absolute atomic E-state index is 0. The highest BCUT2D eigenvalue weighted by Crippen LogP contribution is 2.28. The third-order valence-electron chi connectivity index (χ3n) is 2.83. The number of hydrogen-bond acceptors (Lipinski definition) is 4. The van der Waals surface area contributed by atoms with Crippen molar-refractivity contribution in [3.05, 3.63) is 53.9 Å². The van der Waals surface area contributed by atoms with E-state index in [1.165, 1.54) is 5.56 Å². The lowest BCUT2D eigenvalue weighted by atomic mass is 10.2. The monoisotopic (exact) mass is 330 g/mol. The van der Waals surface area contributed by atoms with Crippen LogP contribution in [0.25, 0.3) is 0 Å². The van der Waals surface area contributed by atoms with Gasteiger partial charge in [0.15, 0.2) is 11.5 Å². The number of nitrogens with one attached hydrogen (secondary N) is 1. The molecule has 1 N–H and O–H groups in total. The molecule has 0 aliphatic heterocycles. The minimum Gasteiger partial charge on any atom is -0.493 e. The predicted molar refractivity (Wildman–Crippen MR) is 88.8 cm³/mol. The lowest BCUT2D eigenvalue weighted by molar-refractivity contribution is 0.348. The average Bonchev–Trinajstić information content (AvgIpc) is 2.48. The van der Waals surface area contributed by atoms with Gasteiger partial charge >= 0.3 is 0 Å². The lowest BCUT2D eigenvalue weighted by Crippen LogP contribution is -2.14. The molecule has 0 aliphatic rings. The van der Waals surface area contributed by atoms with E-state index < -0.39 is 0 Å². The molecule has 0 bridgehead atoms. The molecule has 0 amide bonds. The third-order valence-corrected chi connectivity index (χ3v) is 2.83. The first-order valence-electron chi connectivity index (χ1n) is 6.15. The van der Waals surface area contributed by atoms with Crippen molar-refractivity contribution in [1.82, 2.24) is 10.3 Å². The van der Waals surface area contributed by atoms with Crippen molar-refractivity contribution in [2.45, 2.75) is 13.1 Å². The van der Waals surface area contributed by atoms with E-state index in [1.54, 1.807) is 26.5 Å². The normalized spacial score (nSPS) is 9.24. The second-order valence-electron chi connectivity index (χ2n) is 4.08. The van der Waals surface area contributed by atoms with E-state index in [9.17, 15) is 0 Å². The minimum atomic E-state index is 0. The van der Waals surface area contributed by atoms with E-state index >= 15 is 0 Å². The molecule has 1 aromatic carbocycles. The SMILES string of the molecule is COc1ccnc(CNCc2ccccc2)c1OC.Cl.Cl. The molecule has 1 aromatic heterocycles. The van der Waals surface area contributed by atoms with E-state index in [2.05, 4.69) is 22.4 Å². The van der Waals surface area contributed by atoms with Gasteiger partial charge in [0.2, 0.25) is 0 Å². The van der Waals surface area contributed by atoms with Crippen LogP contribution in [0.2, 0.25) is 0 Å². The smallest absolute Gasteiger partial charge is 0.183 e. The van der Waals surface area contributed by atoms with Crippen LogP contribution in [0.15, 0.2) is 42.6 Å². The first-order chi connectivity index (χ1) is 9.35. The molecule has 0 spiro atoms. The molecule has 21 heavy (non-hydrogen) atoms. The molecular formula is C15H20Cl2N2O2. The van der Waals surface area contributed by atoms with Crippen LogP contribution >= 0.6 is 24.8 Å². The molecular weight excluding hydrogens is 311 g/mol. The van der Waals surface area contributed by atoms with Gasteiger partial charge in [-0.25, -0.2) is 0 Å². The zero-order chi connectivity index (χ0) is 13.5. The molecule has 2 rings (SSSR count). The van der Waals surface area contributed by atoms with Crippen molar-refractivity contribution < 1.29 is 9.47 Å². The van der Waals surface area contributed by atoms with Gasteiger partial charge in [-0.05, 0) is 5.56 Å². The molecule has 0 aliphatic carbocycles. The number of pyridine rings is 1. The molecule has 0 fully saturated rings. The van der Waals surface area contributed by atoms with Crippen molar-refractivity contribution in [2.75, 3.05) is 14.2 Å². The largest absolute Gasteiger partial charge is 0.493 e. The highest BCUT2D eigenvalue weighted by atomic mass is 35.5. The van der Waals surface area contributed by atoms with E-state index in [4.69, 9.17) is 9.47 Å². The van der Waals surface area contributed by atoms with Gasteiger partial charge in [0.05, 0.1) is 19.9 Å². The molecule has 0 radical (unpaired) electrons. The van der Waals surface area contributed by atoms with Crippen molar-refractivity contribution in [2.24, 2.45) is 0 Å². The summed E-state index contributed by atoms with van der Waals surface area (Å²) in [4.78, 5) is 4.32. The Hall–Kier alpha value is -1.49. The molecule has 2 aromatic rings. The van der Waals surface area contributed by atoms with Crippen LogP contribution in [0, 0.1) is 0 Å². The molecule has 0 saturated heterocycles. The second kappa shape index (κ2) is 10.3. The number of halogens is 2. The summed E-state index contributed by atoms with van der Waals surface area (Å²) in [6.07, 6.45) is 1.72. The number of methoxy groups -OCH3 is 2. The average molecular weight is 331 g/mol. The Morgan fingerprint density at radius 1 is 0.952 bits per heavy atom. The topological polar surface area (TPSA) is 43.4 Å². The Kier molecular flexibility index (Phi) is 9.54. The summed E-state index contributed by atoms with van der Waals surface area (Å²) >= 11 is 0. The zero-order valence-corrected chi connectivity index (χ0v) is 13.7. The van der Waals surface area contributed by atoms with Gasteiger partial charge in [-0.2, -0.15) is 0 Å². The molecule has 116 valence electrons. The summed E-state index contributed by atoms with van der Waals surface area (Å²) in [7, 11) is 3.25. The maximum Gasteiger partial charge on any atom is 0.183 e. The van der Waals surface area contributed by atoms with E-state index in [0.29, 0.717) is 18.0 Å². The van der Waals surface area contributed by atoms with Crippen molar-refractivity contribution in [3.8, 4) is 11.5 Å². The van der Waals surface area contributed by atoms with Crippen LogP contribution in [-0.4, -0.2) is 19.2 Å². The number of benzene rings is 1. The van der Waals surface area contributed by atoms with Crippen molar-refractivity contribution in [3.63, 3.8) is 0 Å². The van der Waals surface area contributed by atoms with Gasteiger partial charge in [-0.3, -0.25) is 4.98 Å². The Bertz CT molecular complexity index is 524. The molecule has 4 nitrogen and oxygen atoms in total. The van der Waals surface area contributed by atoms with Crippen LogP contribution < -0.4 is 14.8 Å². The highest BCUT2D eigenvalue weighted by Gasteiger charge is 2.10. The van der Waals surface area contributed by atoms with Gasteiger partial charge in [-0.15, -0.1) is 24.8 Å². The first kappa shape index (κ1) is 19.5. The van der Waals surface area contributed by atoms with Crippen molar-refractivity contribution in [1.29, 1.82) is 0 Å². The van der Waals surface area contributed by atoms with Gasteiger partial charge in [0.25, 0.3) is 0 Å². The lowest BCUT2D eigenvalue weighted by Gasteiger charge is -2.12. The van der Waals surface area contributed by atoms with Gasteiger partial charge in [-0.1, -0.05) is 30.3 Å². The summed E-state index contributed by atoms with van der Waals surface area (Å²) in [5.41, 5.74) is 2.09. The van der Waals surface area contributed by atoms with Crippen LogP contribution in [-0.2, 0) is 13.1 Å². The second-order valence-corrected chi connectivity index (χ2v) is 4.08. The summed E-state index contributed by atoms with van der Waals surface area (Å²) < 4.78 is 10.6. The first-order valence-corrected chi connectivity index (χ1v) is 6.15. The van der Waals surface area contributed by atoms with Gasteiger partial charge < -0.3 is 14.8 Å². The summed E-state index contributed by atoms with van der Waals surface area (Å²) in [6, 6.07) is 12.0. The van der Waals surface area contributed by atoms with Gasteiger partial charge in [0.1, 0.15) is 0 Å². The van der Waals surface area contributed by atoms with Crippen molar-refractivity contribution >= 4 is 24.8 Å². The fraction of sp³-hybridized carbons (Fsp3) is 0.267. The number of aromatic nitrogens is 1. The van der Waals surface area contributed by atoms with Crippen LogP contribution in [0.4, 0.5) is 0 Å². The number of nitrogens with zero attached hydrogens (tertiary/aromatic N) is 1. The van der Waals surface area contributed by atoms with Gasteiger partial charge in [0, 0.05) is 25.4 Å². The number of hydrogen-bond donors (Lipinski definition) is 1. The Morgan fingerprint density at radius 3 is 2.29 bits per heavy atom. The fourth-order valence-corrected chi connectivity index (χ4v) is 1.90. The maximum absolute atomic E-state index is 5.34.